The van der Waals surface area contributed by atoms with E-state index in [1.54, 1.807) is 18.0 Å². The molecule has 0 atom stereocenters. The number of fused-ring (bicyclic) bond motifs is 3. The van der Waals surface area contributed by atoms with E-state index in [0.717, 1.165) is 22.1 Å². The number of aromatic nitrogens is 2. The second-order valence-electron chi connectivity index (χ2n) is 6.50. The Bertz CT molecular complexity index is 1350. The van der Waals surface area contributed by atoms with E-state index in [0.29, 0.717) is 28.6 Å². The molecular weight excluding hydrogens is 340 g/mol. The van der Waals surface area contributed by atoms with E-state index >= 15 is 0 Å². The molecule has 0 N–H and O–H groups in total. The standard InChI is InChI=1S/C22H16N2O3/c1-26-17-8-6-14(7-9-17)13-24-22-19(12-23-24)21(25)18-10-15-4-2-3-5-16(15)11-20(18)27-22/h2-12H,13H2,1H3. The molecule has 2 aromatic heterocycles. The van der Waals surface area contributed by atoms with Crippen LogP contribution in [0.2, 0.25) is 0 Å². The van der Waals surface area contributed by atoms with Crippen molar-refractivity contribution < 1.29 is 9.15 Å². The smallest absolute Gasteiger partial charge is 0.229 e. The zero-order valence-electron chi connectivity index (χ0n) is 14.7. The highest BCUT2D eigenvalue weighted by Crippen LogP contribution is 2.24. The van der Waals surface area contributed by atoms with E-state index in [1.165, 1.54) is 0 Å². The lowest BCUT2D eigenvalue weighted by Gasteiger charge is -2.06. The Morgan fingerprint density at radius 1 is 1.00 bits per heavy atom. The van der Waals surface area contributed by atoms with E-state index in [2.05, 4.69) is 5.10 Å². The van der Waals surface area contributed by atoms with Crippen LogP contribution in [0.1, 0.15) is 5.56 Å². The average molecular weight is 356 g/mol. The summed E-state index contributed by atoms with van der Waals surface area (Å²) in [6.07, 6.45) is 1.58. The zero-order valence-corrected chi connectivity index (χ0v) is 14.7. The van der Waals surface area contributed by atoms with Gasteiger partial charge in [0.05, 0.1) is 25.2 Å². The van der Waals surface area contributed by atoms with E-state index in [4.69, 9.17) is 9.15 Å². The van der Waals surface area contributed by atoms with Crippen molar-refractivity contribution in [3.8, 4) is 5.75 Å². The van der Waals surface area contributed by atoms with Crippen LogP contribution in [0, 0.1) is 0 Å². The Morgan fingerprint density at radius 2 is 1.74 bits per heavy atom. The van der Waals surface area contributed by atoms with Gasteiger partial charge >= 0.3 is 0 Å². The minimum absolute atomic E-state index is 0.0574. The maximum Gasteiger partial charge on any atom is 0.229 e. The fourth-order valence-electron chi connectivity index (χ4n) is 3.38. The van der Waals surface area contributed by atoms with Crippen LogP contribution in [-0.2, 0) is 6.54 Å². The van der Waals surface area contributed by atoms with E-state index in [9.17, 15) is 4.79 Å². The highest BCUT2D eigenvalue weighted by molar-refractivity contribution is 5.98. The van der Waals surface area contributed by atoms with Gasteiger partial charge in [-0.3, -0.25) is 4.79 Å². The van der Waals surface area contributed by atoms with Crippen LogP contribution in [0.15, 0.2) is 76.1 Å². The third-order valence-electron chi connectivity index (χ3n) is 4.83. The van der Waals surface area contributed by atoms with Crippen molar-refractivity contribution in [2.45, 2.75) is 6.54 Å². The molecule has 5 heteroatoms. The van der Waals surface area contributed by atoms with Gasteiger partial charge in [-0.2, -0.15) is 5.10 Å². The van der Waals surface area contributed by atoms with Crippen LogP contribution in [0.25, 0.3) is 32.8 Å². The Balaban J connectivity index is 1.67. The third kappa shape index (κ3) is 2.56. The van der Waals surface area contributed by atoms with Crippen molar-refractivity contribution in [2.75, 3.05) is 7.11 Å². The Hall–Kier alpha value is -3.60. The zero-order chi connectivity index (χ0) is 18.4. The number of rotatable bonds is 3. The molecule has 2 heterocycles. The molecule has 0 radical (unpaired) electrons. The van der Waals surface area contributed by atoms with Crippen LogP contribution >= 0.6 is 0 Å². The molecule has 3 aromatic carbocycles. The summed E-state index contributed by atoms with van der Waals surface area (Å²) in [6.45, 7) is 0.509. The topological polar surface area (TPSA) is 57.3 Å². The molecule has 5 nitrogen and oxygen atoms in total. The molecule has 5 aromatic rings. The summed E-state index contributed by atoms with van der Waals surface area (Å²) in [6, 6.07) is 19.5. The maximum atomic E-state index is 13.0. The molecule has 0 aliphatic heterocycles. The number of nitrogens with zero attached hydrogens (tertiary/aromatic N) is 2. The van der Waals surface area contributed by atoms with Gasteiger partial charge in [-0.05, 0) is 40.6 Å². The van der Waals surface area contributed by atoms with Crippen LogP contribution in [-0.4, -0.2) is 16.9 Å². The highest BCUT2D eigenvalue weighted by atomic mass is 16.5. The van der Waals surface area contributed by atoms with Gasteiger partial charge in [-0.25, -0.2) is 4.68 Å². The summed E-state index contributed by atoms with van der Waals surface area (Å²) in [5.74, 6) is 0.800. The molecule has 0 fully saturated rings. The van der Waals surface area contributed by atoms with E-state index < -0.39 is 0 Å². The fourth-order valence-corrected chi connectivity index (χ4v) is 3.38. The minimum atomic E-state index is -0.0574. The summed E-state index contributed by atoms with van der Waals surface area (Å²) in [5.41, 5.74) is 2.04. The number of hydrogen-bond donors (Lipinski definition) is 0. The average Bonchev–Trinajstić information content (AvgIpc) is 3.10. The molecule has 0 amide bonds. The van der Waals surface area contributed by atoms with Crippen LogP contribution in [0.3, 0.4) is 0 Å². The summed E-state index contributed by atoms with van der Waals surface area (Å²) in [5, 5.41) is 7.50. The van der Waals surface area contributed by atoms with Gasteiger partial charge in [0.2, 0.25) is 11.1 Å². The van der Waals surface area contributed by atoms with Gasteiger partial charge in [0.15, 0.2) is 0 Å². The molecule has 132 valence electrons. The summed E-state index contributed by atoms with van der Waals surface area (Å²) in [7, 11) is 1.64. The number of hydrogen-bond acceptors (Lipinski definition) is 4. The fraction of sp³-hybridized carbons (Fsp3) is 0.0909. The lowest BCUT2D eigenvalue weighted by Crippen LogP contribution is -2.04. The number of benzene rings is 3. The molecular formula is C22H16N2O3. The Kier molecular flexibility index (Phi) is 3.47. The number of methoxy groups -OCH3 is 1. The maximum absolute atomic E-state index is 13.0. The van der Waals surface area contributed by atoms with Gasteiger partial charge in [0.1, 0.15) is 16.7 Å². The van der Waals surface area contributed by atoms with Crippen molar-refractivity contribution in [3.63, 3.8) is 0 Å². The minimum Gasteiger partial charge on any atom is -0.497 e. The van der Waals surface area contributed by atoms with Crippen molar-refractivity contribution in [1.29, 1.82) is 0 Å². The van der Waals surface area contributed by atoms with Crippen molar-refractivity contribution in [3.05, 3.63) is 82.6 Å². The van der Waals surface area contributed by atoms with Gasteiger partial charge in [0.25, 0.3) is 0 Å². The van der Waals surface area contributed by atoms with Crippen molar-refractivity contribution in [1.82, 2.24) is 9.78 Å². The molecule has 0 aliphatic rings. The molecule has 0 saturated carbocycles. The van der Waals surface area contributed by atoms with E-state index in [-0.39, 0.29) is 5.43 Å². The monoisotopic (exact) mass is 356 g/mol. The molecule has 0 spiro atoms. The van der Waals surface area contributed by atoms with Gasteiger partial charge in [-0.1, -0.05) is 36.4 Å². The van der Waals surface area contributed by atoms with Crippen molar-refractivity contribution in [2.24, 2.45) is 0 Å². The SMILES string of the molecule is COc1ccc(Cn2ncc3c(=O)c4cc5ccccc5cc4oc32)cc1. The first-order valence-electron chi connectivity index (χ1n) is 8.67. The molecule has 0 aliphatic carbocycles. The predicted molar refractivity (Wildman–Crippen MR) is 105 cm³/mol. The highest BCUT2D eigenvalue weighted by Gasteiger charge is 2.14. The first kappa shape index (κ1) is 15.6. The van der Waals surface area contributed by atoms with Crippen LogP contribution < -0.4 is 10.2 Å². The van der Waals surface area contributed by atoms with Crippen molar-refractivity contribution >= 4 is 32.8 Å². The molecule has 0 bridgehead atoms. The Morgan fingerprint density at radius 3 is 2.48 bits per heavy atom. The number of ether oxygens (including phenoxy) is 1. The third-order valence-corrected chi connectivity index (χ3v) is 4.83. The quantitative estimate of drug-likeness (QED) is 0.451. The molecule has 0 saturated heterocycles. The summed E-state index contributed by atoms with van der Waals surface area (Å²) in [4.78, 5) is 13.0. The molecule has 27 heavy (non-hydrogen) atoms. The molecule has 0 unspecified atom stereocenters. The van der Waals surface area contributed by atoms with Crippen LogP contribution in [0.4, 0.5) is 0 Å². The van der Waals surface area contributed by atoms with Gasteiger partial charge < -0.3 is 9.15 Å². The predicted octanol–water partition coefficient (Wildman–Crippen LogP) is 4.35. The second-order valence-corrected chi connectivity index (χ2v) is 6.50. The first-order chi connectivity index (χ1) is 13.2. The largest absolute Gasteiger partial charge is 0.497 e. The van der Waals surface area contributed by atoms with E-state index in [1.807, 2.05) is 60.7 Å². The summed E-state index contributed by atoms with van der Waals surface area (Å²) >= 11 is 0. The first-order valence-corrected chi connectivity index (χ1v) is 8.67. The molecule has 5 rings (SSSR count). The Labute approximate surface area is 154 Å². The summed E-state index contributed by atoms with van der Waals surface area (Å²) < 4.78 is 13.0. The van der Waals surface area contributed by atoms with Gasteiger partial charge in [0, 0.05) is 0 Å². The normalized spacial score (nSPS) is 11.4. The van der Waals surface area contributed by atoms with Gasteiger partial charge in [-0.15, -0.1) is 0 Å². The van der Waals surface area contributed by atoms with Crippen LogP contribution in [0.5, 0.6) is 5.75 Å². The lowest BCUT2D eigenvalue weighted by atomic mass is 10.1. The lowest BCUT2D eigenvalue weighted by molar-refractivity contribution is 0.414. The second kappa shape index (κ2) is 5.99.